The molecule has 0 aliphatic carbocycles. The van der Waals surface area contributed by atoms with Crippen molar-refractivity contribution in [3.8, 4) is 0 Å². The number of hydrogen-bond donors (Lipinski definition) is 1. The van der Waals surface area contributed by atoms with E-state index in [0.717, 1.165) is 3.57 Å². The van der Waals surface area contributed by atoms with Gasteiger partial charge < -0.3 is 10.1 Å². The van der Waals surface area contributed by atoms with Crippen LogP contribution in [0, 0.1) is 13.7 Å². The maximum absolute atomic E-state index is 11.5. The van der Waals surface area contributed by atoms with Crippen LogP contribution in [-0.2, 0) is 4.74 Å². The summed E-state index contributed by atoms with van der Waals surface area (Å²) in [5.41, 5.74) is 1.08. The summed E-state index contributed by atoms with van der Waals surface area (Å²) < 4.78 is 5.61. The smallest absolute Gasteiger partial charge is 0.337 e. The number of nitrogens with one attached hydrogen (secondary N) is 1. The van der Waals surface area contributed by atoms with Crippen LogP contribution in [0.25, 0.3) is 0 Å². The van der Waals surface area contributed by atoms with Crippen molar-refractivity contribution in [3.05, 3.63) is 61.7 Å². The van der Waals surface area contributed by atoms with E-state index >= 15 is 0 Å². The average Bonchev–Trinajstić information content (AvgIpc) is 2.46. The molecule has 108 valence electrons. The number of halogens is 1. The molecule has 7 heteroatoms. The fraction of sp³-hybridized carbons (Fsp3) is 0.0714. The fourth-order valence-corrected chi connectivity index (χ4v) is 2.31. The van der Waals surface area contributed by atoms with E-state index < -0.39 is 10.9 Å². The molecule has 21 heavy (non-hydrogen) atoms. The fourth-order valence-electron chi connectivity index (χ4n) is 1.76. The molecule has 0 unspecified atom stereocenters. The Balaban J connectivity index is 2.43. The summed E-state index contributed by atoms with van der Waals surface area (Å²) in [6.45, 7) is 0. The lowest BCUT2D eigenvalue weighted by molar-refractivity contribution is -0.383. The van der Waals surface area contributed by atoms with Gasteiger partial charge in [0, 0.05) is 15.3 Å². The average molecular weight is 398 g/mol. The summed E-state index contributed by atoms with van der Waals surface area (Å²) in [5.74, 6) is -0.546. The molecular weight excluding hydrogens is 387 g/mol. The second-order valence-electron chi connectivity index (χ2n) is 4.12. The van der Waals surface area contributed by atoms with Gasteiger partial charge >= 0.3 is 5.97 Å². The van der Waals surface area contributed by atoms with Crippen molar-refractivity contribution < 1.29 is 14.5 Å². The summed E-state index contributed by atoms with van der Waals surface area (Å²) in [6.07, 6.45) is 0. The van der Waals surface area contributed by atoms with E-state index in [0.29, 0.717) is 5.69 Å². The number of benzene rings is 2. The van der Waals surface area contributed by atoms with Crippen LogP contribution in [0.1, 0.15) is 10.4 Å². The number of esters is 1. The van der Waals surface area contributed by atoms with Crippen LogP contribution >= 0.6 is 22.6 Å². The standard InChI is InChI=1S/C14H11IN2O4/c1-21-14(18)9-5-6-13(17(19)20)12(7-9)16-11-4-2-3-10(15)8-11/h2-8,16H,1H3. The minimum atomic E-state index is -0.546. The number of methoxy groups -OCH3 is 1. The first-order chi connectivity index (χ1) is 10.0. The Hall–Kier alpha value is -2.16. The van der Waals surface area contributed by atoms with Gasteiger partial charge in [-0.3, -0.25) is 10.1 Å². The van der Waals surface area contributed by atoms with Crippen LogP contribution in [0.3, 0.4) is 0 Å². The van der Waals surface area contributed by atoms with Crippen LogP contribution in [0.5, 0.6) is 0 Å². The molecule has 0 atom stereocenters. The second kappa shape index (κ2) is 6.53. The number of carbonyl (C=O) groups excluding carboxylic acids is 1. The predicted octanol–water partition coefficient (Wildman–Crippen LogP) is 3.73. The minimum Gasteiger partial charge on any atom is -0.465 e. The van der Waals surface area contributed by atoms with E-state index in [9.17, 15) is 14.9 Å². The highest BCUT2D eigenvalue weighted by Gasteiger charge is 2.17. The van der Waals surface area contributed by atoms with Gasteiger partial charge in [0.1, 0.15) is 5.69 Å². The molecule has 0 amide bonds. The monoisotopic (exact) mass is 398 g/mol. The third kappa shape index (κ3) is 3.69. The molecule has 1 N–H and O–H groups in total. The van der Waals surface area contributed by atoms with Crippen molar-refractivity contribution in [1.29, 1.82) is 0 Å². The topological polar surface area (TPSA) is 81.5 Å². The highest BCUT2D eigenvalue weighted by atomic mass is 127. The molecule has 0 saturated carbocycles. The van der Waals surface area contributed by atoms with E-state index in [1.807, 2.05) is 18.2 Å². The van der Waals surface area contributed by atoms with E-state index in [1.54, 1.807) is 6.07 Å². The summed E-state index contributed by atoms with van der Waals surface area (Å²) in [4.78, 5) is 22.1. The number of anilines is 2. The van der Waals surface area contributed by atoms with Crippen molar-refractivity contribution in [1.82, 2.24) is 0 Å². The van der Waals surface area contributed by atoms with Gasteiger partial charge in [-0.05, 0) is 52.9 Å². The van der Waals surface area contributed by atoms with Gasteiger partial charge in [0.2, 0.25) is 0 Å². The molecule has 0 aromatic heterocycles. The van der Waals surface area contributed by atoms with Gasteiger partial charge in [0.05, 0.1) is 17.6 Å². The SMILES string of the molecule is COC(=O)c1ccc([N+](=O)[O-])c(Nc2cccc(I)c2)c1. The Bertz CT molecular complexity index is 703. The highest BCUT2D eigenvalue weighted by molar-refractivity contribution is 14.1. The zero-order valence-corrected chi connectivity index (χ0v) is 13.2. The van der Waals surface area contributed by atoms with Gasteiger partial charge in [-0.1, -0.05) is 6.07 Å². The summed E-state index contributed by atoms with van der Waals surface area (Å²) in [7, 11) is 1.26. The van der Waals surface area contributed by atoms with Crippen LogP contribution in [-0.4, -0.2) is 18.0 Å². The van der Waals surface area contributed by atoms with E-state index in [1.165, 1.54) is 25.3 Å². The highest BCUT2D eigenvalue weighted by Crippen LogP contribution is 2.29. The zero-order valence-electron chi connectivity index (χ0n) is 11.0. The lowest BCUT2D eigenvalue weighted by Crippen LogP contribution is -2.04. The molecular formula is C14H11IN2O4. The lowest BCUT2D eigenvalue weighted by Gasteiger charge is -2.09. The summed E-state index contributed by atoms with van der Waals surface area (Å²) in [5, 5.41) is 14.0. The van der Waals surface area contributed by atoms with Crippen LogP contribution in [0.2, 0.25) is 0 Å². The van der Waals surface area contributed by atoms with Gasteiger partial charge in [-0.15, -0.1) is 0 Å². The van der Waals surface area contributed by atoms with Gasteiger partial charge in [-0.2, -0.15) is 0 Å². The molecule has 6 nitrogen and oxygen atoms in total. The molecule has 0 radical (unpaired) electrons. The number of nitrogens with zero attached hydrogens (tertiary/aromatic N) is 1. The molecule has 0 aliphatic rings. The van der Waals surface area contributed by atoms with E-state index in [-0.39, 0.29) is 16.9 Å². The maximum atomic E-state index is 11.5. The number of carbonyl (C=O) groups is 1. The first kappa shape index (κ1) is 15.2. The molecule has 2 rings (SSSR count). The van der Waals surface area contributed by atoms with Gasteiger partial charge in [-0.25, -0.2) is 4.79 Å². The zero-order chi connectivity index (χ0) is 15.4. The van der Waals surface area contributed by atoms with Crippen molar-refractivity contribution in [3.63, 3.8) is 0 Å². The van der Waals surface area contributed by atoms with Crippen molar-refractivity contribution in [2.24, 2.45) is 0 Å². The Kier molecular flexibility index (Phi) is 4.73. The van der Waals surface area contributed by atoms with Crippen molar-refractivity contribution >= 4 is 45.6 Å². The second-order valence-corrected chi connectivity index (χ2v) is 5.36. The largest absolute Gasteiger partial charge is 0.465 e. The normalized spacial score (nSPS) is 10.0. The third-order valence-electron chi connectivity index (χ3n) is 2.72. The molecule has 0 fully saturated rings. The van der Waals surface area contributed by atoms with Crippen LogP contribution < -0.4 is 5.32 Å². The van der Waals surface area contributed by atoms with Crippen LogP contribution in [0.15, 0.2) is 42.5 Å². The Morgan fingerprint density at radius 3 is 2.67 bits per heavy atom. The number of nitro groups is 1. The molecule has 0 saturated heterocycles. The van der Waals surface area contributed by atoms with E-state index in [4.69, 9.17) is 0 Å². The molecule has 0 aliphatic heterocycles. The van der Waals surface area contributed by atoms with E-state index in [2.05, 4.69) is 32.6 Å². The first-order valence-electron chi connectivity index (χ1n) is 5.90. The first-order valence-corrected chi connectivity index (χ1v) is 6.98. The Morgan fingerprint density at radius 2 is 2.05 bits per heavy atom. The minimum absolute atomic E-state index is 0.110. The van der Waals surface area contributed by atoms with Crippen molar-refractivity contribution in [2.75, 3.05) is 12.4 Å². The Labute approximate surface area is 134 Å². The third-order valence-corrected chi connectivity index (χ3v) is 3.39. The van der Waals surface area contributed by atoms with Gasteiger partial charge in [0.15, 0.2) is 0 Å². The van der Waals surface area contributed by atoms with Crippen molar-refractivity contribution in [2.45, 2.75) is 0 Å². The summed E-state index contributed by atoms with van der Waals surface area (Å²) in [6, 6.07) is 11.4. The summed E-state index contributed by atoms with van der Waals surface area (Å²) >= 11 is 2.15. The predicted molar refractivity (Wildman–Crippen MR) is 86.9 cm³/mol. The number of ether oxygens (including phenoxy) is 1. The quantitative estimate of drug-likeness (QED) is 0.368. The molecule has 0 bridgehead atoms. The molecule has 2 aromatic carbocycles. The van der Waals surface area contributed by atoms with Gasteiger partial charge in [0.25, 0.3) is 5.69 Å². The molecule has 0 heterocycles. The molecule has 2 aromatic rings. The Morgan fingerprint density at radius 1 is 1.29 bits per heavy atom. The number of nitro benzene ring substituents is 1. The number of rotatable bonds is 4. The number of hydrogen-bond acceptors (Lipinski definition) is 5. The maximum Gasteiger partial charge on any atom is 0.337 e. The van der Waals surface area contributed by atoms with Crippen LogP contribution in [0.4, 0.5) is 17.1 Å². The molecule has 0 spiro atoms. The lowest BCUT2D eigenvalue weighted by atomic mass is 10.1.